The first-order chi connectivity index (χ1) is 8.81. The van der Waals surface area contributed by atoms with Gasteiger partial charge in [-0.1, -0.05) is 23.3 Å². The van der Waals surface area contributed by atoms with E-state index in [9.17, 15) is 4.79 Å². The molecule has 0 radical (unpaired) electrons. The molecule has 0 fully saturated rings. The van der Waals surface area contributed by atoms with E-state index >= 15 is 0 Å². The molecule has 0 saturated carbocycles. The number of rotatable bonds is 3. The minimum absolute atomic E-state index is 0.298. The number of anilines is 1. The number of benzene rings is 1. The first-order valence-electron chi connectivity index (χ1n) is 5.17. The second-order valence-corrected chi connectivity index (χ2v) is 3.40. The summed E-state index contributed by atoms with van der Waals surface area (Å²) < 4.78 is 0. The molecule has 0 aliphatic rings. The third kappa shape index (κ3) is 2.63. The average Bonchev–Trinajstić information content (AvgIpc) is 2.41. The minimum Gasteiger partial charge on any atom is -0.322 e. The van der Waals surface area contributed by atoms with Crippen LogP contribution in [0.5, 0.6) is 0 Å². The zero-order valence-electron chi connectivity index (χ0n) is 9.32. The predicted octanol–water partition coefficient (Wildman–Crippen LogP) is 3.28. The lowest BCUT2D eigenvalue weighted by atomic mass is 10.1. The van der Waals surface area contributed by atoms with Crippen LogP contribution in [-0.4, -0.2) is 10.9 Å². The Balaban J connectivity index is 2.27. The maximum absolute atomic E-state index is 12.0. The highest BCUT2D eigenvalue weighted by molar-refractivity contribution is 6.07. The summed E-state index contributed by atoms with van der Waals surface area (Å²) in [6, 6.07) is 9.94. The maximum atomic E-state index is 12.0. The highest BCUT2D eigenvalue weighted by Crippen LogP contribution is 2.20. The predicted molar refractivity (Wildman–Crippen MR) is 67.4 cm³/mol. The number of hydrogen-bond donors (Lipinski definition) is 1. The lowest BCUT2D eigenvalue weighted by molar-refractivity contribution is 0.102. The van der Waals surface area contributed by atoms with Crippen molar-refractivity contribution in [3.05, 3.63) is 64.8 Å². The molecule has 6 nitrogen and oxygen atoms in total. The molecule has 0 atom stereocenters. The molecule has 0 aliphatic heterocycles. The summed E-state index contributed by atoms with van der Waals surface area (Å²) in [5, 5.41) is 6.17. The van der Waals surface area contributed by atoms with Crippen LogP contribution in [0.4, 0.5) is 11.4 Å². The van der Waals surface area contributed by atoms with Gasteiger partial charge in [0.15, 0.2) is 0 Å². The van der Waals surface area contributed by atoms with Gasteiger partial charge in [-0.3, -0.25) is 9.78 Å². The lowest BCUT2D eigenvalue weighted by Crippen LogP contribution is -2.11. The van der Waals surface area contributed by atoms with Crippen molar-refractivity contribution in [3.8, 4) is 0 Å². The molecule has 1 heterocycles. The normalized spacial score (nSPS) is 9.33. The number of aromatic nitrogens is 1. The van der Waals surface area contributed by atoms with Gasteiger partial charge >= 0.3 is 0 Å². The smallest absolute Gasteiger partial charge is 0.256 e. The number of carbonyl (C=O) groups excluding carboxylic acids is 1. The molecular weight excluding hydrogens is 230 g/mol. The Labute approximate surface area is 103 Å². The fraction of sp³-hybridized carbons (Fsp3) is 0. The molecule has 88 valence electrons. The number of azide groups is 1. The summed E-state index contributed by atoms with van der Waals surface area (Å²) in [4.78, 5) is 18.5. The second kappa shape index (κ2) is 5.47. The monoisotopic (exact) mass is 239 g/mol. The van der Waals surface area contributed by atoms with E-state index in [2.05, 4.69) is 20.3 Å². The fourth-order valence-corrected chi connectivity index (χ4v) is 1.43. The Kier molecular flexibility index (Phi) is 3.53. The molecule has 2 rings (SSSR count). The molecule has 2 aromatic rings. The Morgan fingerprint density at radius 2 is 1.94 bits per heavy atom. The lowest BCUT2D eigenvalue weighted by Gasteiger charge is -2.06. The van der Waals surface area contributed by atoms with E-state index in [0.717, 1.165) is 0 Å². The number of pyridine rings is 1. The average molecular weight is 239 g/mol. The van der Waals surface area contributed by atoms with E-state index in [0.29, 0.717) is 16.9 Å². The molecule has 0 bridgehead atoms. The summed E-state index contributed by atoms with van der Waals surface area (Å²) in [5.41, 5.74) is 9.69. The van der Waals surface area contributed by atoms with Crippen LogP contribution >= 0.6 is 0 Å². The van der Waals surface area contributed by atoms with Crippen LogP contribution in [-0.2, 0) is 0 Å². The number of amides is 1. The van der Waals surface area contributed by atoms with Crippen molar-refractivity contribution in [1.82, 2.24) is 4.98 Å². The van der Waals surface area contributed by atoms with Crippen LogP contribution in [0.1, 0.15) is 10.4 Å². The van der Waals surface area contributed by atoms with Crippen LogP contribution < -0.4 is 5.32 Å². The van der Waals surface area contributed by atoms with Crippen LogP contribution in [0.2, 0.25) is 0 Å². The molecule has 6 heteroatoms. The van der Waals surface area contributed by atoms with E-state index in [4.69, 9.17) is 5.53 Å². The van der Waals surface area contributed by atoms with Gasteiger partial charge in [-0.25, -0.2) is 0 Å². The van der Waals surface area contributed by atoms with Crippen LogP contribution in [0.15, 0.2) is 53.9 Å². The molecule has 1 aromatic carbocycles. The highest BCUT2D eigenvalue weighted by atomic mass is 16.1. The quantitative estimate of drug-likeness (QED) is 0.505. The van der Waals surface area contributed by atoms with Gasteiger partial charge in [0, 0.05) is 28.6 Å². The first kappa shape index (κ1) is 11.6. The summed E-state index contributed by atoms with van der Waals surface area (Å²) in [6.45, 7) is 0. The molecule has 0 spiro atoms. The van der Waals surface area contributed by atoms with E-state index in [1.807, 2.05) is 0 Å². The van der Waals surface area contributed by atoms with Crippen LogP contribution in [0.3, 0.4) is 0 Å². The molecule has 0 unspecified atom stereocenters. The Morgan fingerprint density at radius 3 is 2.67 bits per heavy atom. The van der Waals surface area contributed by atoms with Gasteiger partial charge in [0.05, 0.1) is 5.69 Å². The summed E-state index contributed by atoms with van der Waals surface area (Å²) in [5.74, 6) is -0.329. The maximum Gasteiger partial charge on any atom is 0.256 e. The SMILES string of the molecule is [N-]=[N+]=Nc1ccccc1C(=O)Nc1ccncc1. The standard InChI is InChI=1S/C12H9N5O/c13-17-16-11-4-2-1-3-10(11)12(18)15-9-5-7-14-8-6-9/h1-8H,(H,14,15,18). The van der Waals surface area contributed by atoms with Crippen molar-refractivity contribution in [2.24, 2.45) is 5.11 Å². The second-order valence-electron chi connectivity index (χ2n) is 3.40. The van der Waals surface area contributed by atoms with Crippen molar-refractivity contribution in [2.45, 2.75) is 0 Å². The Bertz CT molecular complexity index is 605. The van der Waals surface area contributed by atoms with E-state index < -0.39 is 0 Å². The van der Waals surface area contributed by atoms with Gasteiger partial charge < -0.3 is 5.32 Å². The Hall–Kier alpha value is -2.85. The van der Waals surface area contributed by atoms with E-state index in [1.165, 1.54) is 0 Å². The van der Waals surface area contributed by atoms with Crippen molar-refractivity contribution < 1.29 is 4.79 Å². The zero-order chi connectivity index (χ0) is 12.8. The van der Waals surface area contributed by atoms with E-state index in [1.54, 1.807) is 48.8 Å². The largest absolute Gasteiger partial charge is 0.322 e. The number of carbonyl (C=O) groups is 1. The number of nitrogens with zero attached hydrogens (tertiary/aromatic N) is 4. The first-order valence-corrected chi connectivity index (χ1v) is 5.17. The van der Waals surface area contributed by atoms with Gasteiger partial charge in [0.25, 0.3) is 5.91 Å². The van der Waals surface area contributed by atoms with Gasteiger partial charge in [-0.05, 0) is 23.7 Å². The van der Waals surface area contributed by atoms with E-state index in [-0.39, 0.29) is 5.91 Å². The van der Waals surface area contributed by atoms with Crippen molar-refractivity contribution in [3.63, 3.8) is 0 Å². The molecule has 1 aromatic heterocycles. The zero-order valence-corrected chi connectivity index (χ0v) is 9.32. The Morgan fingerprint density at radius 1 is 1.22 bits per heavy atom. The van der Waals surface area contributed by atoms with Crippen molar-refractivity contribution >= 4 is 17.3 Å². The van der Waals surface area contributed by atoms with Gasteiger partial charge in [0.2, 0.25) is 0 Å². The topological polar surface area (TPSA) is 90.8 Å². The van der Waals surface area contributed by atoms with Gasteiger partial charge in [-0.2, -0.15) is 0 Å². The number of hydrogen-bond acceptors (Lipinski definition) is 3. The van der Waals surface area contributed by atoms with Gasteiger partial charge in [0.1, 0.15) is 0 Å². The summed E-state index contributed by atoms with van der Waals surface area (Å²) >= 11 is 0. The highest BCUT2D eigenvalue weighted by Gasteiger charge is 2.09. The minimum atomic E-state index is -0.329. The number of nitrogens with one attached hydrogen (secondary N) is 1. The summed E-state index contributed by atoms with van der Waals surface area (Å²) in [6.07, 6.45) is 3.16. The molecule has 1 N–H and O–H groups in total. The fourth-order valence-electron chi connectivity index (χ4n) is 1.43. The molecule has 0 saturated heterocycles. The van der Waals surface area contributed by atoms with Crippen LogP contribution in [0, 0.1) is 0 Å². The third-order valence-electron chi connectivity index (χ3n) is 2.24. The van der Waals surface area contributed by atoms with Crippen LogP contribution in [0.25, 0.3) is 10.4 Å². The molecule has 1 amide bonds. The third-order valence-corrected chi connectivity index (χ3v) is 2.24. The van der Waals surface area contributed by atoms with Crippen molar-refractivity contribution in [2.75, 3.05) is 5.32 Å². The molecular formula is C12H9N5O. The molecule has 0 aliphatic carbocycles. The van der Waals surface area contributed by atoms with Crippen molar-refractivity contribution in [1.29, 1.82) is 0 Å². The molecule has 18 heavy (non-hydrogen) atoms. The van der Waals surface area contributed by atoms with Gasteiger partial charge in [-0.15, -0.1) is 0 Å². The summed E-state index contributed by atoms with van der Waals surface area (Å²) in [7, 11) is 0.